The molecule has 0 bridgehead atoms. The van der Waals surface area contributed by atoms with Crippen molar-refractivity contribution in [2.45, 2.75) is 37.3 Å². The van der Waals surface area contributed by atoms with Crippen molar-refractivity contribution in [2.75, 3.05) is 0 Å². The van der Waals surface area contributed by atoms with E-state index in [4.69, 9.17) is 0 Å². The summed E-state index contributed by atoms with van der Waals surface area (Å²) >= 11 is 3.26. The fourth-order valence-electron chi connectivity index (χ4n) is 2.49. The first-order chi connectivity index (χ1) is 8.39. The van der Waals surface area contributed by atoms with Crippen molar-refractivity contribution in [3.05, 3.63) is 33.8 Å². The van der Waals surface area contributed by atoms with Gasteiger partial charge in [0.05, 0.1) is 17.0 Å². The van der Waals surface area contributed by atoms with Crippen LogP contribution in [0.5, 0.6) is 0 Å². The highest BCUT2D eigenvalue weighted by Crippen LogP contribution is 2.45. The summed E-state index contributed by atoms with van der Waals surface area (Å²) in [5.41, 5.74) is -0.986. The van der Waals surface area contributed by atoms with E-state index in [1.165, 1.54) is 6.07 Å². The zero-order chi connectivity index (χ0) is 13.4. The van der Waals surface area contributed by atoms with Crippen molar-refractivity contribution in [3.63, 3.8) is 0 Å². The quantitative estimate of drug-likeness (QED) is 0.729. The number of alkyl halides is 3. The average Bonchev–Trinajstić information content (AvgIpc) is 2.77. The molecule has 0 aromatic heterocycles. The number of hydrogen-bond acceptors (Lipinski definition) is 1. The monoisotopic (exact) mass is 317 g/mol. The minimum absolute atomic E-state index is 0.470. The van der Waals surface area contributed by atoms with Gasteiger partial charge in [0.25, 0.3) is 0 Å². The molecule has 1 nitrogen and oxygen atoms in total. The average molecular weight is 318 g/mol. The molecular formula is C13H11BrF3N. The van der Waals surface area contributed by atoms with Gasteiger partial charge in [0.2, 0.25) is 0 Å². The lowest BCUT2D eigenvalue weighted by molar-refractivity contribution is -0.137. The molecule has 0 atom stereocenters. The normalized spacial score (nSPS) is 18.6. The number of halogens is 4. The van der Waals surface area contributed by atoms with Gasteiger partial charge in [0.1, 0.15) is 0 Å². The van der Waals surface area contributed by atoms with Crippen LogP contribution in [-0.2, 0) is 11.6 Å². The molecule has 5 heteroatoms. The predicted molar refractivity (Wildman–Crippen MR) is 64.9 cm³/mol. The van der Waals surface area contributed by atoms with Gasteiger partial charge < -0.3 is 0 Å². The molecule has 0 saturated heterocycles. The van der Waals surface area contributed by atoms with Crippen LogP contribution in [0.1, 0.15) is 36.8 Å². The van der Waals surface area contributed by atoms with Crippen LogP contribution in [0.4, 0.5) is 13.2 Å². The Bertz CT molecular complexity index is 496. The molecule has 1 saturated carbocycles. The summed E-state index contributed by atoms with van der Waals surface area (Å²) in [7, 11) is 0. The molecule has 2 rings (SSSR count). The third-order valence-corrected chi connectivity index (χ3v) is 4.17. The summed E-state index contributed by atoms with van der Waals surface area (Å²) in [4.78, 5) is 0. The highest BCUT2D eigenvalue weighted by Gasteiger charge is 2.39. The fraction of sp³-hybridized carbons (Fsp3) is 0.462. The van der Waals surface area contributed by atoms with Crippen LogP contribution in [0, 0.1) is 11.3 Å². The third kappa shape index (κ3) is 2.26. The first-order valence-corrected chi connectivity index (χ1v) is 6.47. The molecule has 1 aromatic carbocycles. The first-order valence-electron chi connectivity index (χ1n) is 5.67. The van der Waals surface area contributed by atoms with E-state index in [9.17, 15) is 18.4 Å². The van der Waals surface area contributed by atoms with Crippen LogP contribution in [-0.4, -0.2) is 0 Å². The molecule has 1 fully saturated rings. The van der Waals surface area contributed by atoms with Gasteiger partial charge in [0.15, 0.2) is 0 Å². The second kappa shape index (κ2) is 4.58. The second-order valence-electron chi connectivity index (χ2n) is 4.59. The molecule has 1 aliphatic rings. The molecular weight excluding hydrogens is 307 g/mol. The lowest BCUT2D eigenvalue weighted by Gasteiger charge is -2.23. The van der Waals surface area contributed by atoms with Gasteiger partial charge in [-0.25, -0.2) is 0 Å². The Morgan fingerprint density at radius 2 is 1.83 bits per heavy atom. The van der Waals surface area contributed by atoms with E-state index in [-0.39, 0.29) is 0 Å². The van der Waals surface area contributed by atoms with Crippen molar-refractivity contribution in [1.29, 1.82) is 5.26 Å². The van der Waals surface area contributed by atoms with E-state index < -0.39 is 17.2 Å². The maximum atomic E-state index is 12.7. The van der Waals surface area contributed by atoms with Crippen LogP contribution in [0.15, 0.2) is 22.7 Å². The van der Waals surface area contributed by atoms with E-state index in [0.717, 1.165) is 25.0 Å². The van der Waals surface area contributed by atoms with E-state index in [1.807, 2.05) is 0 Å². The topological polar surface area (TPSA) is 23.8 Å². The summed E-state index contributed by atoms with van der Waals surface area (Å²) in [6.07, 6.45) is -1.34. The summed E-state index contributed by atoms with van der Waals surface area (Å²) in [5.74, 6) is 0. The molecule has 1 aromatic rings. The van der Waals surface area contributed by atoms with E-state index in [1.54, 1.807) is 0 Å². The first kappa shape index (κ1) is 13.4. The molecule has 0 radical (unpaired) electrons. The van der Waals surface area contributed by atoms with Crippen molar-refractivity contribution in [3.8, 4) is 6.07 Å². The van der Waals surface area contributed by atoms with Gasteiger partial charge in [-0.2, -0.15) is 18.4 Å². The lowest BCUT2D eigenvalue weighted by Crippen LogP contribution is -2.21. The lowest BCUT2D eigenvalue weighted by atomic mass is 9.80. The van der Waals surface area contributed by atoms with Crippen LogP contribution in [0.2, 0.25) is 0 Å². The maximum Gasteiger partial charge on any atom is 0.416 e. The van der Waals surface area contributed by atoms with Gasteiger partial charge in [-0.05, 0) is 36.6 Å². The van der Waals surface area contributed by atoms with Crippen molar-refractivity contribution in [2.24, 2.45) is 0 Å². The Balaban J connectivity index is 2.54. The largest absolute Gasteiger partial charge is 0.416 e. The molecule has 96 valence electrons. The van der Waals surface area contributed by atoms with Crippen molar-refractivity contribution >= 4 is 15.9 Å². The van der Waals surface area contributed by atoms with Crippen molar-refractivity contribution < 1.29 is 13.2 Å². The van der Waals surface area contributed by atoms with Crippen LogP contribution >= 0.6 is 15.9 Å². The van der Waals surface area contributed by atoms with Crippen molar-refractivity contribution in [1.82, 2.24) is 0 Å². The van der Waals surface area contributed by atoms with Gasteiger partial charge in [-0.1, -0.05) is 28.8 Å². The zero-order valence-corrected chi connectivity index (χ0v) is 11.1. The van der Waals surface area contributed by atoms with Gasteiger partial charge in [-0.15, -0.1) is 0 Å². The Labute approximate surface area is 112 Å². The summed E-state index contributed by atoms with van der Waals surface area (Å²) in [5, 5.41) is 9.34. The van der Waals surface area contributed by atoms with E-state index >= 15 is 0 Å². The second-order valence-corrected chi connectivity index (χ2v) is 5.45. The highest BCUT2D eigenvalue weighted by atomic mass is 79.9. The number of nitriles is 1. The number of hydrogen-bond donors (Lipinski definition) is 0. The molecule has 1 aliphatic carbocycles. The highest BCUT2D eigenvalue weighted by molar-refractivity contribution is 9.10. The molecule has 0 heterocycles. The maximum absolute atomic E-state index is 12.7. The fourth-order valence-corrected chi connectivity index (χ4v) is 3.11. The molecule has 0 spiro atoms. The van der Waals surface area contributed by atoms with Gasteiger partial charge in [-0.3, -0.25) is 0 Å². The molecule has 0 unspecified atom stereocenters. The summed E-state index contributed by atoms with van der Waals surface area (Å²) in [6, 6.07) is 5.75. The third-order valence-electron chi connectivity index (χ3n) is 3.48. The molecule has 18 heavy (non-hydrogen) atoms. The van der Waals surface area contributed by atoms with Crippen LogP contribution in [0.3, 0.4) is 0 Å². The van der Waals surface area contributed by atoms with Crippen LogP contribution < -0.4 is 0 Å². The van der Waals surface area contributed by atoms with Crippen LogP contribution in [0.25, 0.3) is 0 Å². The van der Waals surface area contributed by atoms with E-state index in [0.29, 0.717) is 22.9 Å². The molecule has 0 amide bonds. The predicted octanol–water partition coefficient (Wildman–Crippen LogP) is 4.80. The number of nitrogens with zero attached hydrogens (tertiary/aromatic N) is 1. The Hall–Kier alpha value is -1.02. The zero-order valence-electron chi connectivity index (χ0n) is 9.52. The minimum Gasteiger partial charge on any atom is -0.197 e. The van der Waals surface area contributed by atoms with Gasteiger partial charge in [0, 0.05) is 4.47 Å². The molecule has 0 N–H and O–H groups in total. The summed E-state index contributed by atoms with van der Waals surface area (Å²) < 4.78 is 38.7. The summed E-state index contributed by atoms with van der Waals surface area (Å²) in [6.45, 7) is 0. The smallest absolute Gasteiger partial charge is 0.197 e. The van der Waals surface area contributed by atoms with E-state index in [2.05, 4.69) is 22.0 Å². The number of rotatable bonds is 1. The Kier molecular flexibility index (Phi) is 3.41. The standard InChI is InChI=1S/C13H11BrF3N/c14-11-4-3-9(13(15,16)17)7-10(11)12(8-18)5-1-2-6-12/h3-4,7H,1-2,5-6H2. The Morgan fingerprint density at radius 1 is 1.22 bits per heavy atom. The Morgan fingerprint density at radius 3 is 2.33 bits per heavy atom. The van der Waals surface area contributed by atoms with Gasteiger partial charge >= 0.3 is 6.18 Å². The SMILES string of the molecule is N#CC1(c2cc(C(F)(F)F)ccc2Br)CCCC1. The number of benzene rings is 1. The minimum atomic E-state index is -4.37. The molecule has 0 aliphatic heterocycles.